The molecule has 2 heterocycles. The smallest absolute Gasteiger partial charge is 0.173 e. The number of likely N-dealkylation sites (N-methyl/N-ethyl adjacent to an activating group) is 1. The van der Waals surface area contributed by atoms with Gasteiger partial charge in [-0.15, -0.1) is 0 Å². The summed E-state index contributed by atoms with van der Waals surface area (Å²) in [6.07, 6.45) is 6.47. The molecule has 5 rings (SSSR count). The highest BCUT2D eigenvalue weighted by atomic mass is 16.7. The maximum absolute atomic E-state index is 6.10. The normalized spacial score (nSPS) is 33.8. The van der Waals surface area contributed by atoms with E-state index in [0.717, 1.165) is 38.0 Å². The second kappa shape index (κ2) is 5.07. The van der Waals surface area contributed by atoms with Crippen LogP contribution in [0.15, 0.2) is 29.8 Å². The molecule has 0 saturated carbocycles. The minimum Gasteiger partial charge on any atom is -0.497 e. The van der Waals surface area contributed by atoms with Crippen LogP contribution in [0.1, 0.15) is 30.4 Å². The molecule has 0 radical (unpaired) electrons. The molecule has 2 fully saturated rings. The van der Waals surface area contributed by atoms with Gasteiger partial charge in [0.25, 0.3) is 0 Å². The van der Waals surface area contributed by atoms with Gasteiger partial charge in [0.05, 0.1) is 20.3 Å². The lowest BCUT2D eigenvalue weighted by Gasteiger charge is -2.56. The van der Waals surface area contributed by atoms with Crippen LogP contribution in [0.2, 0.25) is 0 Å². The van der Waals surface area contributed by atoms with Crippen LogP contribution in [0, 0.1) is 0 Å². The van der Waals surface area contributed by atoms with Gasteiger partial charge in [-0.2, -0.15) is 0 Å². The maximum Gasteiger partial charge on any atom is 0.173 e. The third kappa shape index (κ3) is 1.91. The maximum atomic E-state index is 6.10. The van der Waals surface area contributed by atoms with Crippen LogP contribution < -0.4 is 4.74 Å². The number of methoxy groups -OCH3 is 1. The van der Waals surface area contributed by atoms with Gasteiger partial charge in [0.2, 0.25) is 0 Å². The molecular weight excluding hydrogens is 302 g/mol. The number of likely N-dealkylation sites (tertiary alicyclic amines) is 1. The molecule has 1 aromatic carbocycles. The zero-order chi connectivity index (χ0) is 16.4. The van der Waals surface area contributed by atoms with Crippen molar-refractivity contribution in [2.75, 3.05) is 33.9 Å². The van der Waals surface area contributed by atoms with Crippen LogP contribution in [0.3, 0.4) is 0 Å². The van der Waals surface area contributed by atoms with Gasteiger partial charge in [-0.1, -0.05) is 12.1 Å². The van der Waals surface area contributed by atoms with Gasteiger partial charge in [0.1, 0.15) is 5.75 Å². The van der Waals surface area contributed by atoms with E-state index in [1.165, 1.54) is 11.1 Å². The fraction of sp³-hybridized carbons (Fsp3) is 0.600. The van der Waals surface area contributed by atoms with Crippen LogP contribution in [0.4, 0.5) is 0 Å². The van der Waals surface area contributed by atoms with Crippen LogP contribution in [-0.2, 0) is 21.3 Å². The van der Waals surface area contributed by atoms with E-state index in [1.54, 1.807) is 12.7 Å². The molecule has 0 N–H and O–H groups in total. The van der Waals surface area contributed by atoms with Crippen LogP contribution in [0.25, 0.3) is 0 Å². The average Bonchev–Trinajstić information content (AvgIpc) is 3.05. The third-order valence-corrected chi connectivity index (χ3v) is 6.60. The van der Waals surface area contributed by atoms with Crippen molar-refractivity contribution in [1.82, 2.24) is 4.90 Å². The zero-order valence-corrected chi connectivity index (χ0v) is 14.5. The van der Waals surface area contributed by atoms with Crippen molar-refractivity contribution < 1.29 is 14.2 Å². The second-order valence-electron chi connectivity index (χ2n) is 7.70. The number of rotatable bonds is 1. The van der Waals surface area contributed by atoms with Crippen molar-refractivity contribution in [1.29, 1.82) is 0 Å². The van der Waals surface area contributed by atoms with E-state index in [2.05, 4.69) is 36.2 Å². The largest absolute Gasteiger partial charge is 0.497 e. The minimum absolute atomic E-state index is 0.0435. The molecule has 1 spiro atoms. The van der Waals surface area contributed by atoms with Gasteiger partial charge in [-0.3, -0.25) is 4.90 Å². The first-order chi connectivity index (χ1) is 11.7. The topological polar surface area (TPSA) is 30.9 Å². The highest BCUT2D eigenvalue weighted by Gasteiger charge is 2.56. The monoisotopic (exact) mass is 327 g/mol. The Morgan fingerprint density at radius 1 is 1.25 bits per heavy atom. The average molecular weight is 327 g/mol. The molecule has 0 unspecified atom stereocenters. The van der Waals surface area contributed by atoms with E-state index in [9.17, 15) is 0 Å². The highest BCUT2D eigenvalue weighted by molar-refractivity contribution is 5.54. The summed E-state index contributed by atoms with van der Waals surface area (Å²) in [5, 5.41) is 0. The highest BCUT2D eigenvalue weighted by Crippen LogP contribution is 2.57. The summed E-state index contributed by atoms with van der Waals surface area (Å²) >= 11 is 0. The Hall–Kier alpha value is -1.36. The second-order valence-corrected chi connectivity index (χ2v) is 7.70. The Morgan fingerprint density at radius 2 is 2.08 bits per heavy atom. The summed E-state index contributed by atoms with van der Waals surface area (Å²) in [7, 11) is 4.01. The van der Waals surface area contributed by atoms with E-state index >= 15 is 0 Å². The molecule has 0 amide bonds. The van der Waals surface area contributed by atoms with Gasteiger partial charge < -0.3 is 14.2 Å². The molecule has 1 aromatic rings. The Labute approximate surface area is 143 Å². The van der Waals surface area contributed by atoms with Gasteiger partial charge >= 0.3 is 0 Å². The number of hydrogen-bond acceptors (Lipinski definition) is 4. The summed E-state index contributed by atoms with van der Waals surface area (Å²) < 4.78 is 17.7. The first-order valence-corrected chi connectivity index (χ1v) is 9.02. The van der Waals surface area contributed by atoms with Gasteiger partial charge in [0, 0.05) is 24.3 Å². The number of fused-ring (bicyclic) bond motifs is 1. The van der Waals surface area contributed by atoms with Gasteiger partial charge in [-0.25, -0.2) is 0 Å². The molecule has 2 bridgehead atoms. The number of nitrogens with zero attached hydrogens (tertiary/aromatic N) is 1. The molecule has 2 aliphatic carbocycles. The number of piperidine rings is 1. The molecule has 4 heteroatoms. The molecule has 24 heavy (non-hydrogen) atoms. The fourth-order valence-electron chi connectivity index (χ4n) is 5.43. The quantitative estimate of drug-likeness (QED) is 0.742. The van der Waals surface area contributed by atoms with Crippen LogP contribution in [-0.4, -0.2) is 50.6 Å². The molecule has 4 nitrogen and oxygen atoms in total. The van der Waals surface area contributed by atoms with Crippen LogP contribution in [0.5, 0.6) is 5.75 Å². The molecular formula is C20H25NO3. The number of benzene rings is 1. The summed E-state index contributed by atoms with van der Waals surface area (Å²) in [4.78, 5) is 2.52. The van der Waals surface area contributed by atoms with E-state index < -0.39 is 5.79 Å². The lowest BCUT2D eigenvalue weighted by Crippen LogP contribution is -2.58. The summed E-state index contributed by atoms with van der Waals surface area (Å²) in [5.74, 6) is 0.537. The van der Waals surface area contributed by atoms with E-state index in [-0.39, 0.29) is 5.41 Å². The Morgan fingerprint density at radius 3 is 2.88 bits per heavy atom. The Balaban J connectivity index is 1.70. The van der Waals surface area contributed by atoms with Crippen molar-refractivity contribution in [3.63, 3.8) is 0 Å². The Bertz CT molecular complexity index is 707. The van der Waals surface area contributed by atoms with Gasteiger partial charge in [-0.05, 0) is 55.3 Å². The molecule has 0 aromatic heterocycles. The first kappa shape index (κ1) is 14.9. The van der Waals surface area contributed by atoms with E-state index in [1.807, 2.05) is 0 Å². The molecule has 128 valence electrons. The van der Waals surface area contributed by atoms with Gasteiger partial charge in [0.15, 0.2) is 5.79 Å². The van der Waals surface area contributed by atoms with Crippen molar-refractivity contribution in [2.24, 2.45) is 0 Å². The Kier molecular flexibility index (Phi) is 3.16. The zero-order valence-electron chi connectivity index (χ0n) is 14.5. The minimum atomic E-state index is -0.415. The van der Waals surface area contributed by atoms with E-state index in [4.69, 9.17) is 14.2 Å². The van der Waals surface area contributed by atoms with Crippen molar-refractivity contribution in [3.05, 3.63) is 41.0 Å². The molecule has 2 aliphatic heterocycles. The summed E-state index contributed by atoms with van der Waals surface area (Å²) in [6.45, 7) is 2.55. The lowest BCUT2D eigenvalue weighted by molar-refractivity contribution is -0.176. The number of ether oxygens (including phenoxy) is 3. The predicted octanol–water partition coefficient (Wildman–Crippen LogP) is 2.66. The van der Waals surface area contributed by atoms with E-state index in [0.29, 0.717) is 19.3 Å². The third-order valence-electron chi connectivity index (χ3n) is 6.60. The predicted molar refractivity (Wildman–Crippen MR) is 91.4 cm³/mol. The lowest BCUT2D eigenvalue weighted by atomic mass is 9.56. The fourth-order valence-corrected chi connectivity index (χ4v) is 5.43. The molecule has 2 saturated heterocycles. The standard InChI is InChI=1S/C20H25NO3/c1-21-8-7-19-13-20(23-9-10-24-20)6-5-16(19)18(21)11-14-3-4-15(22-2)12-17(14)19/h3-5,12,18H,6-11,13H2,1-2H3/t18-,19+/m1/s1. The van der Waals surface area contributed by atoms with Crippen molar-refractivity contribution >= 4 is 0 Å². The molecule has 2 atom stereocenters. The first-order valence-electron chi connectivity index (χ1n) is 9.02. The van der Waals surface area contributed by atoms with Crippen LogP contribution >= 0.6 is 0 Å². The van der Waals surface area contributed by atoms with Crippen molar-refractivity contribution in [2.45, 2.75) is 42.9 Å². The SMILES string of the molecule is COc1ccc2c(c1)[C@]13CCN(C)[C@H](C2)C1=CCC1(C3)OCCO1. The number of hydrogen-bond donors (Lipinski definition) is 0. The molecule has 4 aliphatic rings. The summed E-state index contributed by atoms with van der Waals surface area (Å²) in [6, 6.07) is 7.13. The summed E-state index contributed by atoms with van der Waals surface area (Å²) in [5.41, 5.74) is 4.53. The van der Waals surface area contributed by atoms with Crippen molar-refractivity contribution in [3.8, 4) is 5.75 Å².